The molecule has 0 aliphatic carbocycles. The fraction of sp³-hybridized carbons (Fsp3) is 0.857. The first-order valence-corrected chi connectivity index (χ1v) is 13.9. The quantitative estimate of drug-likeness (QED) is 0.0988. The second kappa shape index (κ2) is 27.5. The molecule has 0 aromatic heterocycles. The lowest BCUT2D eigenvalue weighted by atomic mass is 10.1. The van der Waals surface area contributed by atoms with Crippen LogP contribution in [0.15, 0.2) is 0 Å². The number of unbranched alkanes of at least 4 members (excludes halogenated alkanes) is 12. The van der Waals surface area contributed by atoms with E-state index < -0.39 is 0 Å². The lowest BCUT2D eigenvalue weighted by Gasteiger charge is -2.03. The Labute approximate surface area is 208 Å². The number of rotatable bonds is 20. The van der Waals surface area contributed by atoms with Gasteiger partial charge in [0.05, 0.1) is 0 Å². The van der Waals surface area contributed by atoms with Gasteiger partial charge in [-0.25, -0.2) is 0 Å². The molecule has 0 spiro atoms. The summed E-state index contributed by atoms with van der Waals surface area (Å²) in [5, 5.41) is 0. The number of carbonyl (C=O) groups excluding carboxylic acids is 4. The minimum Gasteiger partial charge on any atom is -0.393 e. The lowest BCUT2D eigenvalue weighted by Crippen LogP contribution is -2.11. The van der Waals surface area contributed by atoms with Crippen molar-refractivity contribution >= 4 is 23.9 Å². The molecule has 200 valence electrons. The Morgan fingerprint density at radius 3 is 0.735 bits per heavy atom. The Morgan fingerprint density at radius 2 is 0.559 bits per heavy atom. The third-order valence-electron chi connectivity index (χ3n) is 5.39. The molecule has 0 radical (unpaired) electrons. The molecule has 0 unspecified atom stereocenters. The number of ether oxygens (including phenoxy) is 2. The average Bonchev–Trinajstić information content (AvgIpc) is 2.80. The maximum Gasteiger partial charge on any atom is 0.313 e. The summed E-state index contributed by atoms with van der Waals surface area (Å²) in [5.74, 6) is -1.44. The van der Waals surface area contributed by atoms with Gasteiger partial charge in [0.25, 0.3) is 0 Å². The maximum absolute atomic E-state index is 11.3. The third-order valence-corrected chi connectivity index (χ3v) is 5.39. The summed E-state index contributed by atoms with van der Waals surface area (Å²) < 4.78 is 9.47. The minimum atomic E-state index is -0.360. The molecule has 0 heterocycles. The molecule has 0 aromatic rings. The first-order chi connectivity index (χ1) is 16.4. The van der Waals surface area contributed by atoms with Gasteiger partial charge < -0.3 is 9.47 Å². The summed E-state index contributed by atoms with van der Waals surface area (Å²) in [6, 6.07) is 0. The van der Waals surface area contributed by atoms with E-state index in [0.717, 1.165) is 103 Å². The third kappa shape index (κ3) is 28.3. The smallest absolute Gasteiger partial charge is 0.313 e. The lowest BCUT2D eigenvalue weighted by molar-refractivity contribution is -0.161. The molecule has 6 heteroatoms. The highest BCUT2D eigenvalue weighted by Gasteiger charge is 2.10. The second-order valence-electron chi connectivity index (χ2n) is 8.93. The Balaban J connectivity index is 0. The zero-order chi connectivity index (χ0) is 25.9. The number of hydrogen-bond donors (Lipinski definition) is 0. The normalized spacial score (nSPS) is 10.2. The van der Waals surface area contributed by atoms with Gasteiger partial charge in [-0.15, -0.1) is 0 Å². The number of carbonyl (C=O) groups is 4. The molecule has 34 heavy (non-hydrogen) atoms. The van der Waals surface area contributed by atoms with Gasteiger partial charge in [-0.3, -0.25) is 19.2 Å². The molecule has 0 aliphatic heterocycles. The molecular formula is C28H52O6. The Morgan fingerprint density at radius 1 is 0.353 bits per heavy atom. The molecule has 0 saturated heterocycles. The monoisotopic (exact) mass is 484 g/mol. The van der Waals surface area contributed by atoms with Crippen molar-refractivity contribution in [3.63, 3.8) is 0 Å². The standard InChI is InChI=1S/2C14H26O3/c2*1-3-5-7-9-11-13(15)17-14(16)12-10-8-6-4-2/h2*3-12H2,1-2H3. The molecule has 0 fully saturated rings. The van der Waals surface area contributed by atoms with Crippen LogP contribution in [0.1, 0.15) is 156 Å². The summed E-state index contributed by atoms with van der Waals surface area (Å²) in [6.07, 6.45) is 18.1. The van der Waals surface area contributed by atoms with Crippen molar-refractivity contribution in [3.8, 4) is 0 Å². The molecule has 0 bridgehead atoms. The van der Waals surface area contributed by atoms with E-state index in [-0.39, 0.29) is 23.9 Å². The number of esters is 4. The van der Waals surface area contributed by atoms with Crippen molar-refractivity contribution in [3.05, 3.63) is 0 Å². The van der Waals surface area contributed by atoms with Crippen LogP contribution in [-0.4, -0.2) is 23.9 Å². The molecule has 0 amide bonds. The molecule has 0 aliphatic rings. The van der Waals surface area contributed by atoms with E-state index in [0.29, 0.717) is 25.7 Å². The van der Waals surface area contributed by atoms with Gasteiger partial charge in [0.1, 0.15) is 0 Å². The van der Waals surface area contributed by atoms with Crippen molar-refractivity contribution in [2.45, 2.75) is 156 Å². The first-order valence-electron chi connectivity index (χ1n) is 13.9. The molecule has 0 saturated carbocycles. The highest BCUT2D eigenvalue weighted by atomic mass is 16.6. The average molecular weight is 485 g/mol. The van der Waals surface area contributed by atoms with Gasteiger partial charge >= 0.3 is 23.9 Å². The summed E-state index contributed by atoms with van der Waals surface area (Å²) in [5.41, 5.74) is 0. The summed E-state index contributed by atoms with van der Waals surface area (Å²) >= 11 is 0. The largest absolute Gasteiger partial charge is 0.393 e. The van der Waals surface area contributed by atoms with Crippen molar-refractivity contribution in [2.75, 3.05) is 0 Å². The zero-order valence-corrected chi connectivity index (χ0v) is 22.6. The Kier molecular flexibility index (Phi) is 27.9. The van der Waals surface area contributed by atoms with Gasteiger partial charge in [0, 0.05) is 25.7 Å². The summed E-state index contributed by atoms with van der Waals surface area (Å²) in [4.78, 5) is 45.0. The highest BCUT2D eigenvalue weighted by molar-refractivity contribution is 5.85. The molecule has 0 aromatic carbocycles. The fourth-order valence-electron chi connectivity index (χ4n) is 3.24. The highest BCUT2D eigenvalue weighted by Crippen LogP contribution is 2.08. The SMILES string of the molecule is CCCCCCC(=O)OC(=O)CCCCCC.CCCCCCC(=O)OC(=O)CCCCCC. The van der Waals surface area contributed by atoms with Crippen LogP contribution in [0.5, 0.6) is 0 Å². The molecule has 0 atom stereocenters. The van der Waals surface area contributed by atoms with Gasteiger partial charge in [0.2, 0.25) is 0 Å². The predicted octanol–water partition coefficient (Wildman–Crippen LogP) is 7.99. The van der Waals surface area contributed by atoms with E-state index in [1.165, 1.54) is 0 Å². The topological polar surface area (TPSA) is 86.7 Å². The van der Waals surface area contributed by atoms with Crippen LogP contribution < -0.4 is 0 Å². The molecule has 6 nitrogen and oxygen atoms in total. The van der Waals surface area contributed by atoms with Crippen LogP contribution in [-0.2, 0) is 28.7 Å². The van der Waals surface area contributed by atoms with Gasteiger partial charge in [0.15, 0.2) is 0 Å². The van der Waals surface area contributed by atoms with Gasteiger partial charge in [-0.2, -0.15) is 0 Å². The molecule has 0 rings (SSSR count). The van der Waals surface area contributed by atoms with Gasteiger partial charge in [-0.05, 0) is 25.7 Å². The van der Waals surface area contributed by atoms with E-state index in [9.17, 15) is 19.2 Å². The van der Waals surface area contributed by atoms with Crippen LogP contribution in [0.25, 0.3) is 0 Å². The van der Waals surface area contributed by atoms with Crippen LogP contribution in [0.2, 0.25) is 0 Å². The predicted molar refractivity (Wildman–Crippen MR) is 137 cm³/mol. The zero-order valence-electron chi connectivity index (χ0n) is 22.6. The van der Waals surface area contributed by atoms with E-state index in [2.05, 4.69) is 27.7 Å². The first kappa shape index (κ1) is 34.4. The molecule has 0 N–H and O–H groups in total. The van der Waals surface area contributed by atoms with Crippen molar-refractivity contribution in [2.24, 2.45) is 0 Å². The summed E-state index contributed by atoms with van der Waals surface area (Å²) in [7, 11) is 0. The van der Waals surface area contributed by atoms with E-state index in [4.69, 9.17) is 9.47 Å². The van der Waals surface area contributed by atoms with Crippen molar-refractivity contribution in [1.82, 2.24) is 0 Å². The number of hydrogen-bond acceptors (Lipinski definition) is 6. The minimum absolute atomic E-state index is 0.360. The van der Waals surface area contributed by atoms with E-state index in [1.807, 2.05) is 0 Å². The van der Waals surface area contributed by atoms with Crippen molar-refractivity contribution in [1.29, 1.82) is 0 Å². The maximum atomic E-state index is 11.3. The second-order valence-corrected chi connectivity index (χ2v) is 8.93. The Bertz CT molecular complexity index is 425. The van der Waals surface area contributed by atoms with Crippen LogP contribution in [0, 0.1) is 0 Å². The Hall–Kier alpha value is -1.72. The molecular weight excluding hydrogens is 432 g/mol. The van der Waals surface area contributed by atoms with Crippen LogP contribution in [0.3, 0.4) is 0 Å². The van der Waals surface area contributed by atoms with Crippen molar-refractivity contribution < 1.29 is 28.7 Å². The summed E-state index contributed by atoms with van der Waals surface area (Å²) in [6.45, 7) is 8.49. The van der Waals surface area contributed by atoms with Crippen LogP contribution in [0.4, 0.5) is 0 Å². The van der Waals surface area contributed by atoms with E-state index >= 15 is 0 Å². The fourth-order valence-corrected chi connectivity index (χ4v) is 3.24. The van der Waals surface area contributed by atoms with E-state index in [1.54, 1.807) is 0 Å². The van der Waals surface area contributed by atoms with Crippen LogP contribution >= 0.6 is 0 Å². The van der Waals surface area contributed by atoms with Gasteiger partial charge in [-0.1, -0.05) is 105 Å².